The quantitative estimate of drug-likeness (QED) is 0.787. The lowest BCUT2D eigenvalue weighted by atomic mass is 10.3. The largest absolute Gasteiger partial charge is 0.463 e. The van der Waals surface area contributed by atoms with Crippen molar-refractivity contribution in [2.24, 2.45) is 0 Å². The van der Waals surface area contributed by atoms with Gasteiger partial charge in [0.15, 0.2) is 0 Å². The Morgan fingerprint density at radius 1 is 1.56 bits per heavy atom. The van der Waals surface area contributed by atoms with E-state index in [0.717, 1.165) is 18.8 Å². The molecule has 1 fully saturated rings. The van der Waals surface area contributed by atoms with Gasteiger partial charge in [0.1, 0.15) is 5.76 Å². The van der Waals surface area contributed by atoms with E-state index in [-0.39, 0.29) is 17.1 Å². The Labute approximate surface area is 111 Å². The molecular formula is C13H18O4S. The summed E-state index contributed by atoms with van der Waals surface area (Å²) in [5, 5.41) is 0.698. The van der Waals surface area contributed by atoms with Crippen LogP contribution in [0.1, 0.15) is 41.8 Å². The number of rotatable bonds is 4. The minimum absolute atomic E-state index is 0.206. The van der Waals surface area contributed by atoms with Crippen LogP contribution in [-0.2, 0) is 9.47 Å². The van der Waals surface area contributed by atoms with E-state index in [0.29, 0.717) is 5.25 Å². The molecule has 4 nitrogen and oxygen atoms in total. The van der Waals surface area contributed by atoms with Crippen molar-refractivity contribution in [1.82, 2.24) is 0 Å². The third kappa shape index (κ3) is 2.90. The van der Waals surface area contributed by atoms with Gasteiger partial charge in [-0.05, 0) is 32.4 Å². The van der Waals surface area contributed by atoms with Crippen molar-refractivity contribution in [3.63, 3.8) is 0 Å². The molecule has 0 saturated carbocycles. The Kier molecular flexibility index (Phi) is 4.35. The normalized spacial score (nSPS) is 25.1. The number of hydrogen-bond donors (Lipinski definition) is 0. The molecule has 3 unspecified atom stereocenters. The van der Waals surface area contributed by atoms with Gasteiger partial charge in [-0.25, -0.2) is 4.79 Å². The average Bonchev–Trinajstić information content (AvgIpc) is 2.98. The molecular weight excluding hydrogens is 252 g/mol. The highest BCUT2D eigenvalue weighted by molar-refractivity contribution is 8.00. The predicted octanol–water partition coefficient (Wildman–Crippen LogP) is 3.04. The van der Waals surface area contributed by atoms with Gasteiger partial charge in [-0.2, -0.15) is 0 Å². The molecule has 2 heterocycles. The van der Waals surface area contributed by atoms with Crippen LogP contribution in [0.5, 0.6) is 0 Å². The number of carbonyl (C=O) groups excluding carboxylic acids is 1. The molecule has 2 rings (SSSR count). The van der Waals surface area contributed by atoms with Gasteiger partial charge in [-0.15, -0.1) is 11.8 Å². The molecule has 5 heteroatoms. The summed E-state index contributed by atoms with van der Waals surface area (Å²) < 4.78 is 15.7. The Bertz CT molecular complexity index is 415. The highest BCUT2D eigenvalue weighted by Crippen LogP contribution is 2.38. The summed E-state index contributed by atoms with van der Waals surface area (Å²) in [6, 6.07) is 3.50. The summed E-state index contributed by atoms with van der Waals surface area (Å²) in [5.41, 5.74) is 0. The minimum atomic E-state index is -0.434. The molecule has 0 aliphatic carbocycles. The van der Waals surface area contributed by atoms with Crippen molar-refractivity contribution in [2.75, 3.05) is 13.7 Å². The SMILES string of the molecule is COC(=O)c1ccc(C(C)SC2CCOC2C)o1. The molecule has 3 atom stereocenters. The van der Waals surface area contributed by atoms with E-state index in [4.69, 9.17) is 9.15 Å². The van der Waals surface area contributed by atoms with E-state index in [9.17, 15) is 4.79 Å². The van der Waals surface area contributed by atoms with Crippen molar-refractivity contribution in [1.29, 1.82) is 0 Å². The van der Waals surface area contributed by atoms with Crippen molar-refractivity contribution >= 4 is 17.7 Å². The number of carbonyl (C=O) groups is 1. The van der Waals surface area contributed by atoms with Crippen LogP contribution in [0.25, 0.3) is 0 Å². The smallest absolute Gasteiger partial charge is 0.373 e. The molecule has 0 N–H and O–H groups in total. The second kappa shape index (κ2) is 5.80. The van der Waals surface area contributed by atoms with Crippen LogP contribution in [0, 0.1) is 0 Å². The lowest BCUT2D eigenvalue weighted by molar-refractivity contribution is 0.0563. The van der Waals surface area contributed by atoms with Crippen molar-refractivity contribution in [3.05, 3.63) is 23.7 Å². The zero-order valence-corrected chi connectivity index (χ0v) is 11.7. The fourth-order valence-electron chi connectivity index (χ4n) is 2.00. The molecule has 1 saturated heterocycles. The van der Waals surface area contributed by atoms with Gasteiger partial charge in [0.2, 0.25) is 5.76 Å². The predicted molar refractivity (Wildman–Crippen MR) is 69.9 cm³/mol. The van der Waals surface area contributed by atoms with Gasteiger partial charge in [0.05, 0.1) is 18.5 Å². The third-order valence-corrected chi connectivity index (χ3v) is 4.71. The fraction of sp³-hybridized carbons (Fsp3) is 0.615. The number of methoxy groups -OCH3 is 1. The molecule has 1 aromatic rings. The van der Waals surface area contributed by atoms with Crippen LogP contribution in [0.4, 0.5) is 0 Å². The van der Waals surface area contributed by atoms with Crippen LogP contribution in [0.2, 0.25) is 0 Å². The first-order chi connectivity index (χ1) is 8.61. The van der Waals surface area contributed by atoms with E-state index in [1.807, 2.05) is 17.8 Å². The van der Waals surface area contributed by atoms with Gasteiger partial charge < -0.3 is 13.9 Å². The molecule has 100 valence electrons. The Hall–Kier alpha value is -0.940. The zero-order valence-electron chi connectivity index (χ0n) is 10.8. The Morgan fingerprint density at radius 2 is 2.33 bits per heavy atom. The summed E-state index contributed by atoms with van der Waals surface area (Å²) in [6.07, 6.45) is 1.35. The van der Waals surface area contributed by atoms with Crippen LogP contribution >= 0.6 is 11.8 Å². The van der Waals surface area contributed by atoms with Gasteiger partial charge in [0, 0.05) is 11.9 Å². The zero-order chi connectivity index (χ0) is 13.1. The van der Waals surface area contributed by atoms with Crippen LogP contribution in [0.15, 0.2) is 16.5 Å². The summed E-state index contributed by atoms with van der Waals surface area (Å²) in [7, 11) is 1.35. The van der Waals surface area contributed by atoms with Crippen molar-refractivity contribution in [3.8, 4) is 0 Å². The van der Waals surface area contributed by atoms with E-state index < -0.39 is 5.97 Å². The van der Waals surface area contributed by atoms with Crippen molar-refractivity contribution in [2.45, 2.75) is 36.9 Å². The van der Waals surface area contributed by atoms with Crippen LogP contribution < -0.4 is 0 Å². The maximum absolute atomic E-state index is 11.3. The summed E-state index contributed by atoms with van der Waals surface area (Å²) in [5.74, 6) is 0.631. The fourth-order valence-corrected chi connectivity index (χ4v) is 3.32. The lowest BCUT2D eigenvalue weighted by Crippen LogP contribution is -2.14. The van der Waals surface area contributed by atoms with Crippen molar-refractivity contribution < 1.29 is 18.7 Å². The van der Waals surface area contributed by atoms with Gasteiger partial charge in [0.25, 0.3) is 0 Å². The van der Waals surface area contributed by atoms with E-state index in [1.165, 1.54) is 7.11 Å². The van der Waals surface area contributed by atoms with Gasteiger partial charge >= 0.3 is 5.97 Å². The highest BCUT2D eigenvalue weighted by atomic mass is 32.2. The highest BCUT2D eigenvalue weighted by Gasteiger charge is 2.28. The first-order valence-corrected chi connectivity index (χ1v) is 7.01. The maximum Gasteiger partial charge on any atom is 0.373 e. The average molecular weight is 270 g/mol. The monoisotopic (exact) mass is 270 g/mol. The van der Waals surface area contributed by atoms with E-state index >= 15 is 0 Å². The molecule has 1 aliphatic heterocycles. The van der Waals surface area contributed by atoms with Gasteiger partial charge in [-0.3, -0.25) is 0 Å². The topological polar surface area (TPSA) is 48.7 Å². The molecule has 1 aliphatic rings. The van der Waals surface area contributed by atoms with Crippen LogP contribution in [-0.4, -0.2) is 31.0 Å². The minimum Gasteiger partial charge on any atom is -0.463 e. The number of thioether (sulfide) groups is 1. The Morgan fingerprint density at radius 3 is 2.94 bits per heavy atom. The van der Waals surface area contributed by atoms with E-state index in [2.05, 4.69) is 18.6 Å². The molecule has 0 spiro atoms. The number of esters is 1. The second-order valence-electron chi connectivity index (χ2n) is 4.37. The lowest BCUT2D eigenvalue weighted by Gasteiger charge is -2.17. The number of ether oxygens (including phenoxy) is 2. The van der Waals surface area contributed by atoms with E-state index in [1.54, 1.807) is 6.07 Å². The third-order valence-electron chi connectivity index (χ3n) is 3.10. The first-order valence-electron chi connectivity index (χ1n) is 6.07. The Balaban J connectivity index is 1.98. The standard InChI is InChI=1S/C13H18O4S/c1-8-12(6-7-16-8)18-9(2)10-4-5-11(17-10)13(14)15-3/h4-5,8-9,12H,6-7H2,1-3H3. The molecule has 0 radical (unpaired) electrons. The molecule has 0 bridgehead atoms. The van der Waals surface area contributed by atoms with Gasteiger partial charge in [-0.1, -0.05) is 0 Å². The summed E-state index contributed by atoms with van der Waals surface area (Å²) in [4.78, 5) is 11.3. The maximum atomic E-state index is 11.3. The molecule has 18 heavy (non-hydrogen) atoms. The van der Waals surface area contributed by atoms with Crippen LogP contribution in [0.3, 0.4) is 0 Å². The number of hydrogen-bond acceptors (Lipinski definition) is 5. The molecule has 0 amide bonds. The first kappa shape index (κ1) is 13.5. The molecule has 0 aromatic carbocycles. The summed E-state index contributed by atoms with van der Waals surface area (Å²) in [6.45, 7) is 5.01. The second-order valence-corrected chi connectivity index (χ2v) is 5.96. The number of furan rings is 1. The summed E-state index contributed by atoms with van der Waals surface area (Å²) >= 11 is 1.83. The molecule has 1 aromatic heterocycles.